The number of carbonyl (C=O) groups is 1. The van der Waals surface area contributed by atoms with E-state index in [0.717, 1.165) is 31.9 Å². The Hall–Kier alpha value is -1.42. The fourth-order valence-corrected chi connectivity index (χ4v) is 2.30. The summed E-state index contributed by atoms with van der Waals surface area (Å²) in [6.07, 6.45) is 0.561. The molecule has 1 fully saturated rings. The molecule has 1 aliphatic heterocycles. The van der Waals surface area contributed by atoms with Crippen molar-refractivity contribution in [2.24, 2.45) is 0 Å². The molecule has 4 nitrogen and oxygen atoms in total. The summed E-state index contributed by atoms with van der Waals surface area (Å²) in [6, 6.07) is 5.20. The lowest BCUT2D eigenvalue weighted by atomic mass is 10.2. The molecule has 2 rings (SSSR count). The fourth-order valence-electron chi connectivity index (χ4n) is 2.13. The molecule has 0 saturated carbocycles. The molecule has 0 atom stereocenters. The maximum absolute atomic E-state index is 11.6. The van der Waals surface area contributed by atoms with Crippen LogP contribution in [0.3, 0.4) is 0 Å². The number of nitrogens with zero attached hydrogens (tertiary/aromatic N) is 2. The topological polar surface area (TPSA) is 43.8 Å². The van der Waals surface area contributed by atoms with Gasteiger partial charge < -0.3 is 14.9 Å². The zero-order valence-corrected chi connectivity index (χ0v) is 11.2. The summed E-state index contributed by atoms with van der Waals surface area (Å²) in [5, 5.41) is 9.75. The van der Waals surface area contributed by atoms with E-state index in [1.165, 1.54) is 0 Å². The first kappa shape index (κ1) is 13.0. The Labute approximate surface area is 112 Å². The van der Waals surface area contributed by atoms with E-state index in [9.17, 15) is 9.90 Å². The Morgan fingerprint density at radius 3 is 2.56 bits per heavy atom. The molecule has 1 amide bonds. The van der Waals surface area contributed by atoms with Gasteiger partial charge in [0.2, 0.25) is 5.91 Å². The van der Waals surface area contributed by atoms with Crippen molar-refractivity contribution >= 4 is 23.2 Å². The highest BCUT2D eigenvalue weighted by Gasteiger charge is 2.20. The molecule has 1 N–H and O–H groups in total. The van der Waals surface area contributed by atoms with Crippen LogP contribution in [0.1, 0.15) is 13.3 Å². The van der Waals surface area contributed by atoms with E-state index in [1.54, 1.807) is 12.1 Å². The van der Waals surface area contributed by atoms with E-state index in [4.69, 9.17) is 11.6 Å². The van der Waals surface area contributed by atoms with Gasteiger partial charge in [-0.15, -0.1) is 0 Å². The smallest absolute Gasteiger partial charge is 0.222 e. The SMILES string of the molecule is CCC(=O)N1CCN(c2ccc(O)c(Cl)c2)CC1. The predicted molar refractivity (Wildman–Crippen MR) is 72.2 cm³/mol. The number of hydrogen-bond acceptors (Lipinski definition) is 3. The first-order valence-corrected chi connectivity index (χ1v) is 6.51. The number of phenols is 1. The van der Waals surface area contributed by atoms with Crippen LogP contribution >= 0.6 is 11.6 Å². The number of rotatable bonds is 2. The molecule has 0 aliphatic carbocycles. The summed E-state index contributed by atoms with van der Waals surface area (Å²) in [6.45, 7) is 4.96. The first-order valence-electron chi connectivity index (χ1n) is 6.13. The number of halogens is 1. The molecular weight excluding hydrogens is 252 g/mol. The first-order chi connectivity index (χ1) is 8.61. The Morgan fingerprint density at radius 1 is 1.33 bits per heavy atom. The summed E-state index contributed by atoms with van der Waals surface area (Å²) in [5.41, 5.74) is 0.987. The van der Waals surface area contributed by atoms with Crippen molar-refractivity contribution in [3.05, 3.63) is 23.2 Å². The summed E-state index contributed by atoms with van der Waals surface area (Å²) in [7, 11) is 0. The standard InChI is InChI=1S/C13H17ClN2O2/c1-2-13(18)16-7-5-15(6-8-16)10-3-4-12(17)11(14)9-10/h3-4,9,17H,2,5-8H2,1H3. The molecule has 0 radical (unpaired) electrons. The van der Waals surface area contributed by atoms with E-state index in [-0.39, 0.29) is 11.7 Å². The van der Waals surface area contributed by atoms with Gasteiger partial charge in [0.25, 0.3) is 0 Å². The zero-order valence-electron chi connectivity index (χ0n) is 10.4. The van der Waals surface area contributed by atoms with E-state index in [0.29, 0.717) is 11.4 Å². The molecule has 0 bridgehead atoms. The molecular formula is C13H17ClN2O2. The highest BCUT2D eigenvalue weighted by Crippen LogP contribution is 2.28. The Morgan fingerprint density at radius 2 is 2.00 bits per heavy atom. The molecule has 0 aromatic heterocycles. The number of hydrogen-bond donors (Lipinski definition) is 1. The molecule has 1 heterocycles. The minimum atomic E-state index is 0.0974. The molecule has 0 spiro atoms. The minimum absolute atomic E-state index is 0.0974. The third-order valence-corrected chi connectivity index (χ3v) is 3.53. The summed E-state index contributed by atoms with van der Waals surface area (Å²) in [4.78, 5) is 15.6. The molecule has 1 aliphatic rings. The van der Waals surface area contributed by atoms with Crippen LogP contribution in [0.2, 0.25) is 5.02 Å². The third kappa shape index (κ3) is 2.70. The number of phenolic OH excluding ortho intramolecular Hbond substituents is 1. The summed E-state index contributed by atoms with van der Waals surface area (Å²) >= 11 is 5.89. The van der Waals surface area contributed by atoms with Gasteiger partial charge in [0.1, 0.15) is 5.75 Å². The van der Waals surface area contributed by atoms with Crippen molar-refractivity contribution in [2.45, 2.75) is 13.3 Å². The second-order valence-corrected chi connectivity index (χ2v) is 4.76. The number of amides is 1. The summed E-state index contributed by atoms with van der Waals surface area (Å²) in [5.74, 6) is 0.304. The molecule has 1 saturated heterocycles. The fraction of sp³-hybridized carbons (Fsp3) is 0.462. The molecule has 98 valence electrons. The molecule has 5 heteroatoms. The maximum atomic E-state index is 11.6. The van der Waals surface area contributed by atoms with Crippen LogP contribution in [-0.4, -0.2) is 42.1 Å². The zero-order chi connectivity index (χ0) is 13.1. The summed E-state index contributed by atoms with van der Waals surface area (Å²) < 4.78 is 0. The van der Waals surface area contributed by atoms with E-state index in [1.807, 2.05) is 17.9 Å². The van der Waals surface area contributed by atoms with Crippen LogP contribution in [0, 0.1) is 0 Å². The van der Waals surface area contributed by atoms with Gasteiger partial charge in [-0.05, 0) is 18.2 Å². The Balaban J connectivity index is 2.01. The Bertz CT molecular complexity index is 443. The number of anilines is 1. The normalized spacial score (nSPS) is 15.9. The van der Waals surface area contributed by atoms with E-state index >= 15 is 0 Å². The lowest BCUT2D eigenvalue weighted by Gasteiger charge is -2.36. The molecule has 1 aromatic rings. The second kappa shape index (κ2) is 5.48. The van der Waals surface area contributed by atoms with Crippen molar-refractivity contribution in [3.63, 3.8) is 0 Å². The second-order valence-electron chi connectivity index (χ2n) is 4.36. The van der Waals surface area contributed by atoms with Gasteiger partial charge in [-0.1, -0.05) is 18.5 Å². The maximum Gasteiger partial charge on any atom is 0.222 e. The number of aromatic hydroxyl groups is 1. The number of benzene rings is 1. The minimum Gasteiger partial charge on any atom is -0.506 e. The van der Waals surface area contributed by atoms with Crippen LogP contribution in [-0.2, 0) is 4.79 Å². The van der Waals surface area contributed by atoms with Crippen molar-refractivity contribution in [2.75, 3.05) is 31.1 Å². The average molecular weight is 269 g/mol. The van der Waals surface area contributed by atoms with Gasteiger partial charge in [-0.3, -0.25) is 4.79 Å². The van der Waals surface area contributed by atoms with Gasteiger partial charge in [0.05, 0.1) is 5.02 Å². The van der Waals surface area contributed by atoms with Gasteiger partial charge in [0.15, 0.2) is 0 Å². The third-order valence-electron chi connectivity index (χ3n) is 3.23. The van der Waals surface area contributed by atoms with Crippen LogP contribution in [0.5, 0.6) is 5.75 Å². The average Bonchev–Trinajstić information content (AvgIpc) is 2.41. The van der Waals surface area contributed by atoms with Gasteiger partial charge >= 0.3 is 0 Å². The van der Waals surface area contributed by atoms with E-state index in [2.05, 4.69) is 4.90 Å². The number of piperazine rings is 1. The number of carbonyl (C=O) groups excluding carboxylic acids is 1. The largest absolute Gasteiger partial charge is 0.506 e. The van der Waals surface area contributed by atoms with Crippen LogP contribution in [0.4, 0.5) is 5.69 Å². The van der Waals surface area contributed by atoms with Gasteiger partial charge in [-0.25, -0.2) is 0 Å². The predicted octanol–water partition coefficient (Wildman–Crippen LogP) is 2.10. The van der Waals surface area contributed by atoms with Crippen molar-refractivity contribution in [3.8, 4) is 5.75 Å². The molecule has 1 aromatic carbocycles. The van der Waals surface area contributed by atoms with Crippen molar-refractivity contribution in [1.29, 1.82) is 0 Å². The van der Waals surface area contributed by atoms with Crippen LogP contribution < -0.4 is 4.90 Å². The quantitative estimate of drug-likeness (QED) is 0.893. The van der Waals surface area contributed by atoms with Gasteiger partial charge in [-0.2, -0.15) is 0 Å². The molecule has 0 unspecified atom stereocenters. The van der Waals surface area contributed by atoms with Gasteiger partial charge in [0, 0.05) is 38.3 Å². The van der Waals surface area contributed by atoms with Crippen LogP contribution in [0.25, 0.3) is 0 Å². The van der Waals surface area contributed by atoms with Crippen LogP contribution in [0.15, 0.2) is 18.2 Å². The monoisotopic (exact) mass is 268 g/mol. The molecule has 18 heavy (non-hydrogen) atoms. The highest BCUT2D eigenvalue weighted by molar-refractivity contribution is 6.32. The Kier molecular flexibility index (Phi) is 3.97. The van der Waals surface area contributed by atoms with Crippen molar-refractivity contribution < 1.29 is 9.90 Å². The van der Waals surface area contributed by atoms with E-state index < -0.39 is 0 Å². The van der Waals surface area contributed by atoms with Crippen molar-refractivity contribution in [1.82, 2.24) is 4.90 Å². The lowest BCUT2D eigenvalue weighted by Crippen LogP contribution is -2.48. The lowest BCUT2D eigenvalue weighted by molar-refractivity contribution is -0.131. The highest BCUT2D eigenvalue weighted by atomic mass is 35.5.